The first-order valence-electron chi connectivity index (χ1n) is 5.63. The van der Waals surface area contributed by atoms with Crippen LogP contribution >= 0.6 is 15.9 Å². The zero-order chi connectivity index (χ0) is 12.8. The lowest BCUT2D eigenvalue weighted by Gasteiger charge is -2.19. The van der Waals surface area contributed by atoms with Gasteiger partial charge in [0.1, 0.15) is 6.04 Å². The molecule has 0 aliphatic heterocycles. The molecule has 4 heteroatoms. The van der Waals surface area contributed by atoms with Gasteiger partial charge < -0.3 is 10.1 Å². The molecule has 1 rings (SSSR count). The zero-order valence-electron chi connectivity index (χ0n) is 10.4. The monoisotopic (exact) mass is 299 g/mol. The fourth-order valence-electron chi connectivity index (χ4n) is 1.61. The summed E-state index contributed by atoms with van der Waals surface area (Å²) >= 11 is 3.40. The minimum Gasteiger partial charge on any atom is -0.467 e. The average molecular weight is 300 g/mol. The fourth-order valence-corrected chi connectivity index (χ4v) is 2.01. The fraction of sp³-hybridized carbons (Fsp3) is 0.462. The Balaban J connectivity index is 2.75. The Kier molecular flexibility index (Phi) is 5.48. The minimum atomic E-state index is -0.297. The summed E-state index contributed by atoms with van der Waals surface area (Å²) in [5, 5.41) is 3.20. The van der Waals surface area contributed by atoms with Gasteiger partial charge in [0, 0.05) is 10.2 Å². The van der Waals surface area contributed by atoms with Crippen LogP contribution in [0.15, 0.2) is 28.7 Å². The van der Waals surface area contributed by atoms with Gasteiger partial charge in [-0.25, -0.2) is 4.79 Å². The quantitative estimate of drug-likeness (QED) is 0.846. The van der Waals surface area contributed by atoms with Crippen LogP contribution < -0.4 is 5.32 Å². The Morgan fingerprint density at radius 2 is 2.18 bits per heavy atom. The molecule has 0 saturated carbocycles. The molecule has 0 aliphatic carbocycles. The third-order valence-electron chi connectivity index (χ3n) is 2.36. The molecule has 1 aromatic carbocycles. The lowest BCUT2D eigenvalue weighted by Crippen LogP contribution is -2.32. The highest BCUT2D eigenvalue weighted by molar-refractivity contribution is 9.10. The highest BCUT2D eigenvalue weighted by atomic mass is 79.9. The van der Waals surface area contributed by atoms with Crippen molar-refractivity contribution in [3.8, 4) is 0 Å². The third kappa shape index (κ3) is 4.77. The van der Waals surface area contributed by atoms with Gasteiger partial charge in [0.25, 0.3) is 0 Å². The van der Waals surface area contributed by atoms with E-state index in [1.807, 2.05) is 24.3 Å². The van der Waals surface area contributed by atoms with Crippen LogP contribution in [-0.4, -0.2) is 19.1 Å². The second kappa shape index (κ2) is 6.64. The van der Waals surface area contributed by atoms with Crippen molar-refractivity contribution in [1.29, 1.82) is 0 Å². The lowest BCUT2D eigenvalue weighted by molar-refractivity contribution is -0.141. The molecule has 1 N–H and O–H groups in total. The first kappa shape index (κ1) is 14.0. The van der Waals surface area contributed by atoms with Crippen molar-refractivity contribution in [2.24, 2.45) is 5.92 Å². The molecule has 1 unspecified atom stereocenters. The summed E-state index contributed by atoms with van der Waals surface area (Å²) in [4.78, 5) is 11.6. The molecule has 0 bridgehead atoms. The van der Waals surface area contributed by atoms with E-state index in [0.717, 1.165) is 16.6 Å². The maximum Gasteiger partial charge on any atom is 0.328 e. The number of methoxy groups -OCH3 is 1. The van der Waals surface area contributed by atoms with Crippen molar-refractivity contribution < 1.29 is 9.53 Å². The van der Waals surface area contributed by atoms with E-state index in [9.17, 15) is 4.79 Å². The highest BCUT2D eigenvalue weighted by Gasteiger charge is 2.20. The molecule has 0 saturated heterocycles. The Labute approximate surface area is 111 Å². The Bertz CT molecular complexity index is 379. The predicted octanol–water partition coefficient (Wildman–Crippen LogP) is 3.45. The van der Waals surface area contributed by atoms with Crippen LogP contribution in [0.25, 0.3) is 0 Å². The minimum absolute atomic E-state index is 0.223. The predicted molar refractivity (Wildman–Crippen MR) is 73.0 cm³/mol. The van der Waals surface area contributed by atoms with Crippen LogP contribution in [0.1, 0.15) is 20.3 Å². The van der Waals surface area contributed by atoms with Gasteiger partial charge in [0.05, 0.1) is 7.11 Å². The van der Waals surface area contributed by atoms with Crippen LogP contribution in [-0.2, 0) is 9.53 Å². The number of anilines is 1. The molecule has 0 radical (unpaired) electrons. The molecule has 0 heterocycles. The molecule has 0 aliphatic rings. The molecule has 1 aromatic rings. The average Bonchev–Trinajstić information content (AvgIpc) is 2.26. The van der Waals surface area contributed by atoms with Crippen LogP contribution in [0, 0.1) is 5.92 Å². The van der Waals surface area contributed by atoms with E-state index in [0.29, 0.717) is 5.92 Å². The number of carbonyl (C=O) groups excluding carboxylic acids is 1. The molecule has 94 valence electrons. The SMILES string of the molecule is COC(=O)C(CC(C)C)Nc1cccc(Br)c1. The number of ether oxygens (including phenoxy) is 1. The number of esters is 1. The van der Waals surface area contributed by atoms with Gasteiger partial charge in [-0.05, 0) is 30.5 Å². The number of benzene rings is 1. The normalized spacial score (nSPS) is 12.3. The first-order chi connectivity index (χ1) is 8.02. The standard InChI is InChI=1S/C13H18BrNO2/c1-9(2)7-12(13(16)17-3)15-11-6-4-5-10(14)8-11/h4-6,8-9,12,15H,7H2,1-3H3. The lowest BCUT2D eigenvalue weighted by atomic mass is 10.0. The highest BCUT2D eigenvalue weighted by Crippen LogP contribution is 2.18. The largest absolute Gasteiger partial charge is 0.467 e. The van der Waals surface area contributed by atoms with E-state index in [4.69, 9.17) is 4.74 Å². The molecule has 0 spiro atoms. The summed E-state index contributed by atoms with van der Waals surface area (Å²) in [6.45, 7) is 4.16. The third-order valence-corrected chi connectivity index (χ3v) is 2.85. The summed E-state index contributed by atoms with van der Waals surface area (Å²) in [5.41, 5.74) is 0.912. The molecule has 3 nitrogen and oxygen atoms in total. The number of halogens is 1. The first-order valence-corrected chi connectivity index (χ1v) is 6.42. The smallest absolute Gasteiger partial charge is 0.328 e. The van der Waals surface area contributed by atoms with Crippen molar-refractivity contribution in [1.82, 2.24) is 0 Å². The van der Waals surface area contributed by atoms with Crippen LogP contribution in [0.4, 0.5) is 5.69 Å². The number of nitrogens with one attached hydrogen (secondary N) is 1. The Hall–Kier alpha value is -1.03. The molecular formula is C13H18BrNO2. The Morgan fingerprint density at radius 1 is 1.47 bits per heavy atom. The van der Waals surface area contributed by atoms with E-state index in [2.05, 4.69) is 35.1 Å². The summed E-state index contributed by atoms with van der Waals surface area (Å²) < 4.78 is 5.78. The summed E-state index contributed by atoms with van der Waals surface area (Å²) in [6.07, 6.45) is 0.749. The molecule has 17 heavy (non-hydrogen) atoms. The van der Waals surface area contributed by atoms with Crippen molar-refractivity contribution >= 4 is 27.6 Å². The van der Waals surface area contributed by atoms with Crippen molar-refractivity contribution in [2.75, 3.05) is 12.4 Å². The van der Waals surface area contributed by atoms with Crippen molar-refractivity contribution in [3.63, 3.8) is 0 Å². The maximum absolute atomic E-state index is 11.6. The molecule has 1 atom stereocenters. The van der Waals surface area contributed by atoms with E-state index < -0.39 is 0 Å². The number of hydrogen-bond donors (Lipinski definition) is 1. The molecular weight excluding hydrogens is 282 g/mol. The second-order valence-electron chi connectivity index (χ2n) is 4.36. The Morgan fingerprint density at radius 3 is 2.71 bits per heavy atom. The zero-order valence-corrected chi connectivity index (χ0v) is 12.0. The van der Waals surface area contributed by atoms with E-state index in [-0.39, 0.29) is 12.0 Å². The molecule has 0 amide bonds. The van der Waals surface area contributed by atoms with Gasteiger partial charge in [-0.15, -0.1) is 0 Å². The van der Waals surface area contributed by atoms with E-state index in [1.165, 1.54) is 7.11 Å². The maximum atomic E-state index is 11.6. The van der Waals surface area contributed by atoms with Crippen LogP contribution in [0.2, 0.25) is 0 Å². The number of hydrogen-bond acceptors (Lipinski definition) is 3. The van der Waals surface area contributed by atoms with Gasteiger partial charge in [-0.3, -0.25) is 0 Å². The summed E-state index contributed by atoms with van der Waals surface area (Å²) in [5.74, 6) is 0.206. The van der Waals surface area contributed by atoms with Crippen molar-refractivity contribution in [3.05, 3.63) is 28.7 Å². The molecule has 0 fully saturated rings. The van der Waals surface area contributed by atoms with Crippen molar-refractivity contribution in [2.45, 2.75) is 26.3 Å². The topological polar surface area (TPSA) is 38.3 Å². The summed E-state index contributed by atoms with van der Waals surface area (Å²) in [7, 11) is 1.41. The van der Waals surface area contributed by atoms with Crippen LogP contribution in [0.5, 0.6) is 0 Å². The van der Waals surface area contributed by atoms with E-state index >= 15 is 0 Å². The van der Waals surface area contributed by atoms with Gasteiger partial charge in [-0.2, -0.15) is 0 Å². The number of carbonyl (C=O) groups is 1. The van der Waals surface area contributed by atoms with Gasteiger partial charge in [0.2, 0.25) is 0 Å². The van der Waals surface area contributed by atoms with Gasteiger partial charge >= 0.3 is 5.97 Å². The second-order valence-corrected chi connectivity index (χ2v) is 5.28. The van der Waals surface area contributed by atoms with Crippen LogP contribution in [0.3, 0.4) is 0 Å². The van der Waals surface area contributed by atoms with Gasteiger partial charge in [0.15, 0.2) is 0 Å². The van der Waals surface area contributed by atoms with Gasteiger partial charge in [-0.1, -0.05) is 35.8 Å². The number of rotatable bonds is 5. The molecule has 0 aromatic heterocycles. The summed E-state index contributed by atoms with van der Waals surface area (Å²) in [6, 6.07) is 7.45. The van der Waals surface area contributed by atoms with E-state index in [1.54, 1.807) is 0 Å².